The lowest BCUT2D eigenvalue weighted by atomic mass is 10.0. The van der Waals surface area contributed by atoms with Gasteiger partial charge in [-0.3, -0.25) is 0 Å². The molecule has 0 nitrogen and oxygen atoms in total. The van der Waals surface area contributed by atoms with Gasteiger partial charge in [-0.15, -0.1) is 0 Å². The summed E-state index contributed by atoms with van der Waals surface area (Å²) in [6.45, 7) is 8.73. The Morgan fingerprint density at radius 2 is 2.00 bits per heavy atom. The lowest BCUT2D eigenvalue weighted by molar-refractivity contribution is 0.545. The van der Waals surface area contributed by atoms with Crippen molar-refractivity contribution in [3.63, 3.8) is 0 Å². The summed E-state index contributed by atoms with van der Waals surface area (Å²) < 4.78 is 0. The Labute approximate surface area is 77.4 Å². The molecular weight excluding hydrogens is 144 g/mol. The van der Waals surface area contributed by atoms with Crippen molar-refractivity contribution in [1.82, 2.24) is 0 Å². The van der Waals surface area contributed by atoms with Gasteiger partial charge in [-0.1, -0.05) is 30.7 Å². The average Bonchev–Trinajstić information content (AvgIpc) is 2.00. The third-order valence-electron chi connectivity index (χ3n) is 1.99. The second-order valence-electron chi connectivity index (χ2n) is 3.77. The van der Waals surface area contributed by atoms with E-state index in [0.29, 0.717) is 0 Å². The van der Waals surface area contributed by atoms with Crippen LogP contribution in [0.3, 0.4) is 0 Å². The van der Waals surface area contributed by atoms with Crippen LogP contribution in [0.1, 0.15) is 47.0 Å². The van der Waals surface area contributed by atoms with Crippen LogP contribution in [-0.2, 0) is 0 Å². The van der Waals surface area contributed by atoms with Gasteiger partial charge < -0.3 is 0 Å². The molecular formula is C12H22. The van der Waals surface area contributed by atoms with Crippen LogP contribution in [0, 0.1) is 5.92 Å². The van der Waals surface area contributed by atoms with Gasteiger partial charge in [0.1, 0.15) is 0 Å². The first-order chi connectivity index (χ1) is 5.66. The minimum Gasteiger partial charge on any atom is -0.0917 e. The first-order valence-electron chi connectivity index (χ1n) is 4.91. The van der Waals surface area contributed by atoms with E-state index in [0.717, 1.165) is 5.92 Å². The van der Waals surface area contributed by atoms with Gasteiger partial charge in [0.15, 0.2) is 0 Å². The minimum absolute atomic E-state index is 0.830. The molecule has 0 aromatic heterocycles. The Morgan fingerprint density at radius 1 is 1.33 bits per heavy atom. The van der Waals surface area contributed by atoms with Crippen molar-refractivity contribution in [3.8, 4) is 0 Å². The quantitative estimate of drug-likeness (QED) is 0.533. The van der Waals surface area contributed by atoms with Gasteiger partial charge in [0, 0.05) is 0 Å². The van der Waals surface area contributed by atoms with Crippen LogP contribution in [-0.4, -0.2) is 0 Å². The minimum atomic E-state index is 0.830. The van der Waals surface area contributed by atoms with Crippen molar-refractivity contribution in [2.24, 2.45) is 5.92 Å². The van der Waals surface area contributed by atoms with E-state index in [9.17, 15) is 0 Å². The Bertz CT molecular complexity index is 147. The highest BCUT2D eigenvalue weighted by Gasteiger charge is 1.96. The molecule has 0 aliphatic heterocycles. The zero-order valence-electron chi connectivity index (χ0n) is 8.93. The normalized spacial score (nSPS) is 13.3. The summed E-state index contributed by atoms with van der Waals surface area (Å²) in [5, 5.41) is 0. The Hall–Kier alpha value is -0.520. The average molecular weight is 166 g/mol. The molecule has 0 radical (unpaired) electrons. The van der Waals surface area contributed by atoms with Crippen LogP contribution in [0.15, 0.2) is 23.8 Å². The van der Waals surface area contributed by atoms with Crippen LogP contribution in [0.2, 0.25) is 0 Å². The first-order valence-corrected chi connectivity index (χ1v) is 4.91. The monoisotopic (exact) mass is 166 g/mol. The molecule has 0 rings (SSSR count). The second-order valence-corrected chi connectivity index (χ2v) is 3.77. The number of rotatable bonds is 5. The van der Waals surface area contributed by atoms with Crippen LogP contribution in [0.4, 0.5) is 0 Å². The molecule has 1 atom stereocenters. The van der Waals surface area contributed by atoms with Crippen LogP contribution in [0.5, 0.6) is 0 Å². The summed E-state index contributed by atoms with van der Waals surface area (Å²) in [4.78, 5) is 0. The Kier molecular flexibility index (Phi) is 6.84. The molecule has 0 N–H and O–H groups in total. The fraction of sp³-hybridized carbons (Fsp3) is 0.667. The second kappa shape index (κ2) is 7.15. The van der Waals surface area contributed by atoms with Crippen LogP contribution in [0.25, 0.3) is 0 Å². The summed E-state index contributed by atoms with van der Waals surface area (Å²) in [6.07, 6.45) is 10.5. The van der Waals surface area contributed by atoms with E-state index in [1.165, 1.54) is 24.8 Å². The highest BCUT2D eigenvalue weighted by molar-refractivity contribution is 4.93. The SMILES string of the molecule is C/C=C/CC(C)CCC=C(C)C. The van der Waals surface area contributed by atoms with Crippen molar-refractivity contribution in [2.45, 2.75) is 47.0 Å². The van der Waals surface area contributed by atoms with Crippen LogP contribution >= 0.6 is 0 Å². The van der Waals surface area contributed by atoms with Gasteiger partial charge in [0.25, 0.3) is 0 Å². The van der Waals surface area contributed by atoms with Crippen molar-refractivity contribution in [2.75, 3.05) is 0 Å². The van der Waals surface area contributed by atoms with Crippen LogP contribution < -0.4 is 0 Å². The molecule has 0 bridgehead atoms. The maximum Gasteiger partial charge on any atom is -0.0325 e. The lowest BCUT2D eigenvalue weighted by Crippen LogP contribution is -1.91. The highest BCUT2D eigenvalue weighted by Crippen LogP contribution is 2.11. The van der Waals surface area contributed by atoms with Gasteiger partial charge in [-0.25, -0.2) is 0 Å². The van der Waals surface area contributed by atoms with E-state index in [1.807, 2.05) is 0 Å². The molecule has 12 heavy (non-hydrogen) atoms. The Morgan fingerprint density at radius 3 is 2.50 bits per heavy atom. The van der Waals surface area contributed by atoms with E-state index >= 15 is 0 Å². The predicted octanol–water partition coefficient (Wildman–Crippen LogP) is 4.34. The first kappa shape index (κ1) is 11.5. The van der Waals surface area contributed by atoms with Gasteiger partial charge >= 0.3 is 0 Å². The molecule has 0 heterocycles. The number of allylic oxidation sites excluding steroid dienone is 4. The smallest absolute Gasteiger partial charge is 0.0325 e. The molecule has 1 unspecified atom stereocenters. The molecule has 0 saturated heterocycles. The van der Waals surface area contributed by atoms with Gasteiger partial charge in [-0.05, 0) is 46.0 Å². The molecule has 0 aliphatic rings. The summed E-state index contributed by atoms with van der Waals surface area (Å²) in [5.74, 6) is 0.830. The standard InChI is InChI=1S/C12H22/c1-5-6-9-12(4)10-7-8-11(2)3/h5-6,8,12H,7,9-10H2,1-4H3/b6-5+. The molecule has 0 saturated carbocycles. The van der Waals surface area contributed by atoms with E-state index in [2.05, 4.69) is 45.9 Å². The van der Waals surface area contributed by atoms with Gasteiger partial charge in [-0.2, -0.15) is 0 Å². The highest BCUT2D eigenvalue weighted by atomic mass is 14.0. The molecule has 0 spiro atoms. The Balaban J connectivity index is 3.43. The summed E-state index contributed by atoms with van der Waals surface area (Å²) in [6, 6.07) is 0. The fourth-order valence-electron chi connectivity index (χ4n) is 1.14. The van der Waals surface area contributed by atoms with E-state index in [-0.39, 0.29) is 0 Å². The molecule has 0 aromatic carbocycles. The fourth-order valence-corrected chi connectivity index (χ4v) is 1.14. The summed E-state index contributed by atoms with van der Waals surface area (Å²) in [5.41, 5.74) is 1.44. The van der Waals surface area contributed by atoms with Crippen molar-refractivity contribution in [1.29, 1.82) is 0 Å². The number of hydrogen-bond acceptors (Lipinski definition) is 0. The summed E-state index contributed by atoms with van der Waals surface area (Å²) in [7, 11) is 0. The zero-order chi connectivity index (χ0) is 9.40. The molecule has 0 aromatic rings. The molecule has 0 heteroatoms. The van der Waals surface area contributed by atoms with E-state index in [4.69, 9.17) is 0 Å². The third kappa shape index (κ3) is 7.59. The van der Waals surface area contributed by atoms with E-state index in [1.54, 1.807) is 0 Å². The largest absolute Gasteiger partial charge is 0.0917 e. The maximum absolute atomic E-state index is 2.33. The van der Waals surface area contributed by atoms with Gasteiger partial charge in [0.05, 0.1) is 0 Å². The zero-order valence-corrected chi connectivity index (χ0v) is 8.93. The van der Waals surface area contributed by atoms with Crippen molar-refractivity contribution >= 4 is 0 Å². The molecule has 0 amide bonds. The predicted molar refractivity (Wildman–Crippen MR) is 57.3 cm³/mol. The summed E-state index contributed by atoms with van der Waals surface area (Å²) >= 11 is 0. The molecule has 70 valence electrons. The maximum atomic E-state index is 2.33. The van der Waals surface area contributed by atoms with E-state index < -0.39 is 0 Å². The number of hydrogen-bond donors (Lipinski definition) is 0. The molecule has 0 aliphatic carbocycles. The lowest BCUT2D eigenvalue weighted by Gasteiger charge is -2.05. The topological polar surface area (TPSA) is 0 Å². The third-order valence-corrected chi connectivity index (χ3v) is 1.99. The van der Waals surface area contributed by atoms with Gasteiger partial charge in [0.2, 0.25) is 0 Å². The van der Waals surface area contributed by atoms with Crippen molar-refractivity contribution in [3.05, 3.63) is 23.8 Å². The molecule has 0 fully saturated rings. The van der Waals surface area contributed by atoms with Crippen molar-refractivity contribution < 1.29 is 0 Å².